The van der Waals surface area contributed by atoms with Crippen LogP contribution in [0.25, 0.3) is 0 Å². The van der Waals surface area contributed by atoms with Crippen molar-refractivity contribution in [3.05, 3.63) is 17.7 Å². The Morgan fingerprint density at radius 1 is 1.00 bits per heavy atom. The predicted molar refractivity (Wildman–Crippen MR) is 79.2 cm³/mol. The molecule has 1 aromatic rings. The molecule has 0 aromatic heterocycles. The average Bonchev–Trinajstić information content (AvgIpc) is 2.49. The van der Waals surface area contributed by atoms with E-state index in [0.29, 0.717) is 29.4 Å². The minimum Gasteiger partial charge on any atom is -0.496 e. The van der Waals surface area contributed by atoms with Gasteiger partial charge in [-0.05, 0) is 6.42 Å². The van der Waals surface area contributed by atoms with Crippen molar-refractivity contribution in [3.63, 3.8) is 0 Å². The van der Waals surface area contributed by atoms with E-state index in [1.807, 2.05) is 0 Å². The summed E-state index contributed by atoms with van der Waals surface area (Å²) in [5.74, 6) is 1.61. The van der Waals surface area contributed by atoms with Crippen LogP contribution in [0.3, 0.4) is 0 Å². The molecule has 112 valence electrons. The largest absolute Gasteiger partial charge is 0.496 e. The van der Waals surface area contributed by atoms with Crippen LogP contribution >= 0.6 is 0 Å². The van der Waals surface area contributed by atoms with E-state index in [1.165, 1.54) is 39.9 Å². The van der Waals surface area contributed by atoms with E-state index in [-0.39, 0.29) is 0 Å². The van der Waals surface area contributed by atoms with Gasteiger partial charge in [0.2, 0.25) is 0 Å². The van der Waals surface area contributed by atoms with Gasteiger partial charge < -0.3 is 14.2 Å². The lowest BCUT2D eigenvalue weighted by Gasteiger charge is -2.12. The highest BCUT2D eigenvalue weighted by Crippen LogP contribution is 2.32. The van der Waals surface area contributed by atoms with Crippen molar-refractivity contribution < 1.29 is 19.0 Å². The van der Waals surface area contributed by atoms with Crippen molar-refractivity contribution in [1.82, 2.24) is 0 Å². The third kappa shape index (κ3) is 4.76. The van der Waals surface area contributed by atoms with E-state index >= 15 is 0 Å². The van der Waals surface area contributed by atoms with E-state index in [4.69, 9.17) is 14.2 Å². The van der Waals surface area contributed by atoms with Gasteiger partial charge in [0.1, 0.15) is 17.2 Å². The van der Waals surface area contributed by atoms with Crippen LogP contribution < -0.4 is 14.2 Å². The third-order valence-corrected chi connectivity index (χ3v) is 3.15. The van der Waals surface area contributed by atoms with Crippen LogP contribution in [-0.4, -0.2) is 27.1 Å². The fourth-order valence-corrected chi connectivity index (χ4v) is 2.01. The zero-order chi connectivity index (χ0) is 14.8. The molecule has 4 nitrogen and oxygen atoms in total. The summed E-state index contributed by atoms with van der Waals surface area (Å²) >= 11 is 0. The number of rotatable bonds is 10. The minimum atomic E-state index is 0.408. The Labute approximate surface area is 121 Å². The second-order valence-corrected chi connectivity index (χ2v) is 4.62. The molecule has 1 aromatic carbocycles. The third-order valence-electron chi connectivity index (χ3n) is 3.15. The second-order valence-electron chi connectivity index (χ2n) is 4.62. The summed E-state index contributed by atoms with van der Waals surface area (Å²) in [4.78, 5) is 11.0. The summed E-state index contributed by atoms with van der Waals surface area (Å²) in [6, 6.07) is 3.44. The van der Waals surface area contributed by atoms with Gasteiger partial charge >= 0.3 is 0 Å². The monoisotopic (exact) mass is 280 g/mol. The molecule has 0 saturated heterocycles. The number of aldehydes is 1. The van der Waals surface area contributed by atoms with E-state index in [2.05, 4.69) is 6.92 Å². The smallest absolute Gasteiger partial charge is 0.157 e. The van der Waals surface area contributed by atoms with E-state index < -0.39 is 0 Å². The van der Waals surface area contributed by atoms with Gasteiger partial charge in [0.25, 0.3) is 0 Å². The van der Waals surface area contributed by atoms with Crippen molar-refractivity contribution in [2.24, 2.45) is 0 Å². The van der Waals surface area contributed by atoms with Crippen molar-refractivity contribution in [2.45, 2.75) is 39.0 Å². The highest BCUT2D eigenvalue weighted by atomic mass is 16.5. The first-order valence-electron chi connectivity index (χ1n) is 7.10. The Hall–Kier alpha value is -1.71. The molecule has 1 rings (SSSR count). The van der Waals surface area contributed by atoms with Crippen molar-refractivity contribution in [1.29, 1.82) is 0 Å². The molecule has 0 aliphatic rings. The van der Waals surface area contributed by atoms with Gasteiger partial charge in [0.05, 0.1) is 26.4 Å². The molecule has 0 bridgehead atoms. The molecular weight excluding hydrogens is 256 g/mol. The summed E-state index contributed by atoms with van der Waals surface area (Å²) in [7, 11) is 3.05. The predicted octanol–water partition coefficient (Wildman–Crippen LogP) is 3.87. The molecule has 0 unspecified atom stereocenters. The van der Waals surface area contributed by atoms with Gasteiger partial charge in [0, 0.05) is 12.1 Å². The van der Waals surface area contributed by atoms with Crippen LogP contribution in [0.5, 0.6) is 17.2 Å². The number of hydrogen-bond donors (Lipinski definition) is 0. The molecule has 0 aliphatic carbocycles. The highest BCUT2D eigenvalue weighted by molar-refractivity contribution is 5.84. The average molecular weight is 280 g/mol. The normalized spacial score (nSPS) is 10.2. The van der Waals surface area contributed by atoms with Gasteiger partial charge in [-0.1, -0.05) is 32.6 Å². The molecule has 20 heavy (non-hydrogen) atoms. The maximum Gasteiger partial charge on any atom is 0.157 e. The van der Waals surface area contributed by atoms with Crippen LogP contribution in [0, 0.1) is 0 Å². The Morgan fingerprint density at radius 2 is 1.60 bits per heavy atom. The molecule has 0 heterocycles. The zero-order valence-corrected chi connectivity index (χ0v) is 12.6. The maximum atomic E-state index is 11.0. The van der Waals surface area contributed by atoms with E-state index in [9.17, 15) is 4.79 Å². The number of hydrogen-bond acceptors (Lipinski definition) is 4. The van der Waals surface area contributed by atoms with Gasteiger partial charge in [-0.25, -0.2) is 0 Å². The Bertz CT molecular complexity index is 390. The number of ether oxygens (including phenoxy) is 3. The van der Waals surface area contributed by atoms with Gasteiger partial charge in [-0.2, -0.15) is 0 Å². The Morgan fingerprint density at radius 3 is 2.10 bits per heavy atom. The van der Waals surface area contributed by atoms with Crippen molar-refractivity contribution in [2.75, 3.05) is 20.8 Å². The quantitative estimate of drug-likeness (QED) is 0.482. The molecule has 0 atom stereocenters. The van der Waals surface area contributed by atoms with Crippen LogP contribution in [-0.2, 0) is 0 Å². The number of benzene rings is 1. The van der Waals surface area contributed by atoms with Crippen molar-refractivity contribution >= 4 is 6.29 Å². The first kappa shape index (κ1) is 16.3. The second kappa shape index (κ2) is 9.23. The molecule has 4 heteroatoms. The summed E-state index contributed by atoms with van der Waals surface area (Å²) in [5.41, 5.74) is 0.408. The topological polar surface area (TPSA) is 44.8 Å². The first-order chi connectivity index (χ1) is 9.76. The van der Waals surface area contributed by atoms with Crippen molar-refractivity contribution in [3.8, 4) is 17.2 Å². The van der Waals surface area contributed by atoms with E-state index in [1.54, 1.807) is 12.1 Å². The summed E-state index contributed by atoms with van der Waals surface area (Å²) in [5, 5.41) is 0. The minimum absolute atomic E-state index is 0.408. The maximum absolute atomic E-state index is 11.0. The lowest BCUT2D eigenvalue weighted by Crippen LogP contribution is -2.01. The number of carbonyl (C=O) groups excluding carboxylic acids is 1. The summed E-state index contributed by atoms with van der Waals surface area (Å²) in [6.07, 6.45) is 6.69. The van der Waals surface area contributed by atoms with Crippen LogP contribution in [0.15, 0.2) is 12.1 Å². The summed E-state index contributed by atoms with van der Waals surface area (Å²) < 4.78 is 16.1. The Balaban J connectivity index is 2.59. The lowest BCUT2D eigenvalue weighted by molar-refractivity contribution is 0.111. The number of unbranched alkanes of at least 4 members (excludes halogenated alkanes) is 4. The molecule has 0 saturated carbocycles. The highest BCUT2D eigenvalue weighted by Gasteiger charge is 2.12. The SMILES string of the molecule is CCCCCCCOc1cc(OC)c(C=O)c(OC)c1. The molecule has 0 fully saturated rings. The number of methoxy groups -OCH3 is 2. The Kier molecular flexibility index (Phi) is 7.55. The molecule has 0 N–H and O–H groups in total. The van der Waals surface area contributed by atoms with Crippen LogP contribution in [0.2, 0.25) is 0 Å². The molecule has 0 radical (unpaired) electrons. The zero-order valence-electron chi connectivity index (χ0n) is 12.6. The van der Waals surface area contributed by atoms with E-state index in [0.717, 1.165) is 12.7 Å². The molecular formula is C16H24O4. The number of carbonyl (C=O) groups is 1. The summed E-state index contributed by atoms with van der Waals surface area (Å²) in [6.45, 7) is 2.86. The lowest BCUT2D eigenvalue weighted by atomic mass is 10.1. The van der Waals surface area contributed by atoms with Gasteiger partial charge in [-0.15, -0.1) is 0 Å². The molecule has 0 spiro atoms. The first-order valence-corrected chi connectivity index (χ1v) is 7.10. The standard InChI is InChI=1S/C16H24O4/c1-4-5-6-7-8-9-20-13-10-15(18-2)14(12-17)16(11-13)19-3/h10-12H,4-9H2,1-3H3. The molecule has 0 amide bonds. The fraction of sp³-hybridized carbons (Fsp3) is 0.562. The molecule has 0 aliphatic heterocycles. The van der Waals surface area contributed by atoms with Crippen LogP contribution in [0.4, 0.5) is 0 Å². The van der Waals surface area contributed by atoms with Gasteiger partial charge in [-0.3, -0.25) is 4.79 Å². The van der Waals surface area contributed by atoms with Crippen LogP contribution in [0.1, 0.15) is 49.4 Å². The fourth-order valence-electron chi connectivity index (χ4n) is 2.01. The van der Waals surface area contributed by atoms with Gasteiger partial charge in [0.15, 0.2) is 6.29 Å².